The molecule has 2 rings (SSSR count). The summed E-state index contributed by atoms with van der Waals surface area (Å²) < 4.78 is 13.1. The monoisotopic (exact) mass is 283 g/mol. The largest absolute Gasteiger partial charge is 0.339 e. The predicted octanol–water partition coefficient (Wildman–Crippen LogP) is 3.38. The summed E-state index contributed by atoms with van der Waals surface area (Å²) in [6.07, 6.45) is 4.44. The Morgan fingerprint density at radius 1 is 1.42 bits per heavy atom. The fourth-order valence-electron chi connectivity index (χ4n) is 2.36. The Balaban J connectivity index is 1.98. The van der Waals surface area contributed by atoms with E-state index in [1.54, 1.807) is 12.1 Å². The summed E-state index contributed by atoms with van der Waals surface area (Å²) in [4.78, 5) is 14.3. The molecule has 104 valence electrons. The van der Waals surface area contributed by atoms with Crippen molar-refractivity contribution in [2.75, 3.05) is 12.4 Å². The zero-order chi connectivity index (χ0) is 13.7. The highest BCUT2D eigenvalue weighted by molar-refractivity contribution is 6.17. The molecule has 1 aliphatic rings. The maximum atomic E-state index is 13.1. The second-order valence-electron chi connectivity index (χ2n) is 5.02. The average molecular weight is 284 g/mol. The van der Waals surface area contributed by atoms with Crippen molar-refractivity contribution >= 4 is 17.5 Å². The van der Waals surface area contributed by atoms with E-state index in [0.29, 0.717) is 18.5 Å². The van der Waals surface area contributed by atoms with Crippen molar-refractivity contribution in [2.45, 2.75) is 38.1 Å². The Kier molecular flexibility index (Phi) is 5.20. The second-order valence-corrected chi connectivity index (χ2v) is 5.40. The third kappa shape index (κ3) is 3.93. The number of amides is 1. The number of carbonyl (C=O) groups excluding carboxylic acids is 1. The highest BCUT2D eigenvalue weighted by Crippen LogP contribution is 2.25. The zero-order valence-electron chi connectivity index (χ0n) is 10.9. The van der Waals surface area contributed by atoms with Crippen LogP contribution in [-0.4, -0.2) is 29.3 Å². The fraction of sp³-hybridized carbons (Fsp3) is 0.533. The lowest BCUT2D eigenvalue weighted by atomic mass is 9.91. The van der Waals surface area contributed by atoms with Crippen LogP contribution in [0.2, 0.25) is 0 Å². The van der Waals surface area contributed by atoms with Crippen molar-refractivity contribution in [1.82, 2.24) is 4.90 Å². The molecule has 1 fully saturated rings. The molecule has 0 heterocycles. The van der Waals surface area contributed by atoms with Gasteiger partial charge < -0.3 is 4.90 Å². The normalized spacial score (nSPS) is 15.1. The molecule has 1 saturated carbocycles. The summed E-state index contributed by atoms with van der Waals surface area (Å²) in [6.45, 7) is 0.711. The number of alkyl halides is 1. The van der Waals surface area contributed by atoms with E-state index in [2.05, 4.69) is 0 Å². The van der Waals surface area contributed by atoms with Crippen LogP contribution in [-0.2, 0) is 11.2 Å². The summed E-state index contributed by atoms with van der Waals surface area (Å²) in [5.74, 6) is 0.359. The van der Waals surface area contributed by atoms with Crippen LogP contribution in [0.5, 0.6) is 0 Å². The Labute approximate surface area is 118 Å². The van der Waals surface area contributed by atoms with Gasteiger partial charge in [-0.1, -0.05) is 12.1 Å². The third-order valence-corrected chi connectivity index (χ3v) is 3.88. The van der Waals surface area contributed by atoms with Crippen LogP contribution in [0.3, 0.4) is 0 Å². The van der Waals surface area contributed by atoms with Gasteiger partial charge in [0.2, 0.25) is 5.91 Å². The molecular weight excluding hydrogens is 265 g/mol. The SMILES string of the molecule is O=C(Cc1cccc(F)c1)N(CCCCl)C1CCC1. The summed E-state index contributed by atoms with van der Waals surface area (Å²) >= 11 is 5.71. The first-order chi connectivity index (χ1) is 9.20. The van der Waals surface area contributed by atoms with Crippen LogP contribution in [0.4, 0.5) is 4.39 Å². The van der Waals surface area contributed by atoms with E-state index in [1.165, 1.54) is 18.6 Å². The number of halogens is 2. The number of benzene rings is 1. The lowest BCUT2D eigenvalue weighted by Gasteiger charge is -2.37. The molecular formula is C15H19ClFNO. The van der Waals surface area contributed by atoms with Crippen molar-refractivity contribution in [3.05, 3.63) is 35.6 Å². The molecule has 0 bridgehead atoms. The first-order valence-electron chi connectivity index (χ1n) is 6.80. The molecule has 0 spiro atoms. The van der Waals surface area contributed by atoms with Crippen molar-refractivity contribution in [3.8, 4) is 0 Å². The van der Waals surface area contributed by atoms with E-state index < -0.39 is 0 Å². The van der Waals surface area contributed by atoms with E-state index in [0.717, 1.165) is 24.8 Å². The number of carbonyl (C=O) groups is 1. The lowest BCUT2D eigenvalue weighted by Crippen LogP contribution is -2.45. The van der Waals surface area contributed by atoms with Crippen molar-refractivity contribution in [3.63, 3.8) is 0 Å². The molecule has 1 aliphatic carbocycles. The highest BCUT2D eigenvalue weighted by atomic mass is 35.5. The molecule has 0 atom stereocenters. The number of rotatable bonds is 6. The van der Waals surface area contributed by atoms with Gasteiger partial charge in [-0.25, -0.2) is 4.39 Å². The summed E-state index contributed by atoms with van der Waals surface area (Å²) in [6, 6.07) is 6.62. The first-order valence-corrected chi connectivity index (χ1v) is 7.34. The van der Waals surface area contributed by atoms with E-state index in [4.69, 9.17) is 11.6 Å². The zero-order valence-corrected chi connectivity index (χ0v) is 11.7. The maximum absolute atomic E-state index is 13.1. The van der Waals surface area contributed by atoms with Crippen LogP contribution in [0, 0.1) is 5.82 Å². The van der Waals surface area contributed by atoms with Gasteiger partial charge in [-0.15, -0.1) is 11.6 Å². The van der Waals surface area contributed by atoms with Crippen LogP contribution < -0.4 is 0 Å². The molecule has 19 heavy (non-hydrogen) atoms. The molecule has 1 aromatic rings. The number of hydrogen-bond donors (Lipinski definition) is 0. The standard InChI is InChI=1S/C15H19ClFNO/c16-8-3-9-18(14-6-2-7-14)15(19)11-12-4-1-5-13(17)10-12/h1,4-5,10,14H,2-3,6-9,11H2. The van der Waals surface area contributed by atoms with Gasteiger partial charge >= 0.3 is 0 Å². The van der Waals surface area contributed by atoms with Gasteiger partial charge in [0.25, 0.3) is 0 Å². The Hall–Kier alpha value is -1.09. The molecule has 1 aromatic carbocycles. The molecule has 2 nitrogen and oxygen atoms in total. The van der Waals surface area contributed by atoms with E-state index >= 15 is 0 Å². The van der Waals surface area contributed by atoms with Crippen LogP contribution in [0.15, 0.2) is 24.3 Å². The molecule has 0 aliphatic heterocycles. The molecule has 0 aromatic heterocycles. The van der Waals surface area contributed by atoms with Gasteiger partial charge in [0.05, 0.1) is 6.42 Å². The Morgan fingerprint density at radius 3 is 2.79 bits per heavy atom. The van der Waals surface area contributed by atoms with Gasteiger partial charge in [-0.2, -0.15) is 0 Å². The quantitative estimate of drug-likeness (QED) is 0.733. The Bertz CT molecular complexity index is 434. The van der Waals surface area contributed by atoms with Crippen molar-refractivity contribution < 1.29 is 9.18 Å². The number of nitrogens with zero attached hydrogens (tertiary/aromatic N) is 1. The summed E-state index contributed by atoms with van der Waals surface area (Å²) in [5, 5.41) is 0. The number of hydrogen-bond acceptors (Lipinski definition) is 1. The summed E-state index contributed by atoms with van der Waals surface area (Å²) in [7, 11) is 0. The smallest absolute Gasteiger partial charge is 0.227 e. The molecule has 1 amide bonds. The van der Waals surface area contributed by atoms with Crippen LogP contribution >= 0.6 is 11.6 Å². The lowest BCUT2D eigenvalue weighted by molar-refractivity contribution is -0.134. The van der Waals surface area contributed by atoms with E-state index in [1.807, 2.05) is 4.90 Å². The molecule has 0 saturated heterocycles. The Morgan fingerprint density at radius 2 is 2.21 bits per heavy atom. The average Bonchev–Trinajstić information content (AvgIpc) is 2.31. The molecule has 4 heteroatoms. The fourth-order valence-corrected chi connectivity index (χ4v) is 2.48. The minimum Gasteiger partial charge on any atom is -0.339 e. The van der Waals surface area contributed by atoms with Crippen LogP contribution in [0.25, 0.3) is 0 Å². The topological polar surface area (TPSA) is 20.3 Å². The van der Waals surface area contributed by atoms with Crippen molar-refractivity contribution in [1.29, 1.82) is 0 Å². The van der Waals surface area contributed by atoms with Gasteiger partial charge in [0.15, 0.2) is 0 Å². The maximum Gasteiger partial charge on any atom is 0.227 e. The minimum atomic E-state index is -0.291. The minimum absolute atomic E-state index is 0.0837. The third-order valence-electron chi connectivity index (χ3n) is 3.61. The summed E-state index contributed by atoms with van der Waals surface area (Å²) in [5.41, 5.74) is 0.736. The molecule has 0 unspecified atom stereocenters. The highest BCUT2D eigenvalue weighted by Gasteiger charge is 2.28. The molecule has 0 N–H and O–H groups in total. The van der Waals surface area contributed by atoms with E-state index in [9.17, 15) is 9.18 Å². The van der Waals surface area contributed by atoms with Gasteiger partial charge in [0.1, 0.15) is 5.82 Å². The first kappa shape index (κ1) is 14.3. The van der Waals surface area contributed by atoms with Gasteiger partial charge in [0, 0.05) is 18.5 Å². The predicted molar refractivity (Wildman–Crippen MR) is 74.8 cm³/mol. The van der Waals surface area contributed by atoms with Crippen LogP contribution in [0.1, 0.15) is 31.2 Å². The van der Waals surface area contributed by atoms with E-state index in [-0.39, 0.29) is 18.1 Å². The second kappa shape index (κ2) is 6.90. The van der Waals surface area contributed by atoms with Crippen molar-refractivity contribution in [2.24, 2.45) is 0 Å². The molecule has 0 radical (unpaired) electrons. The van der Waals surface area contributed by atoms with Gasteiger partial charge in [-0.3, -0.25) is 4.79 Å². The van der Waals surface area contributed by atoms with Gasteiger partial charge in [-0.05, 0) is 43.4 Å².